The minimum atomic E-state index is -0.926. The van der Waals surface area contributed by atoms with Crippen LogP contribution in [0, 0.1) is 6.92 Å². The van der Waals surface area contributed by atoms with Crippen molar-refractivity contribution < 1.29 is 34.1 Å². The maximum Gasteiger partial charge on any atom is 0.341 e. The number of carbonyl (C=O) groups excluding carboxylic acids is 3. The Bertz CT molecular complexity index is 831. The van der Waals surface area contributed by atoms with Gasteiger partial charge in [0, 0.05) is 5.56 Å². The van der Waals surface area contributed by atoms with Crippen LogP contribution in [0.15, 0.2) is 30.3 Å². The lowest BCUT2D eigenvalue weighted by Gasteiger charge is -2.11. The molecule has 0 saturated carbocycles. The van der Waals surface area contributed by atoms with E-state index >= 15 is 0 Å². The van der Waals surface area contributed by atoms with Crippen LogP contribution in [0.25, 0.3) is 0 Å². The maximum atomic E-state index is 12.7. The normalized spacial score (nSPS) is 10.2. The summed E-state index contributed by atoms with van der Waals surface area (Å²) in [5.74, 6) is -3.37. The number of hydrogen-bond donors (Lipinski definition) is 2. The summed E-state index contributed by atoms with van der Waals surface area (Å²) in [5, 5.41) is 20.1. The number of phenolic OH excluding ortho intramolecular Hbond substituents is 2. The van der Waals surface area contributed by atoms with Crippen molar-refractivity contribution in [2.24, 2.45) is 0 Å². The highest BCUT2D eigenvalue weighted by Crippen LogP contribution is 2.29. The van der Waals surface area contributed by atoms with E-state index in [4.69, 9.17) is 0 Å². The SMILES string of the molecule is COC(=O)c1cc(C(=O)c2ccc(C)cc2O)cc(C(=O)OC)c1O. The van der Waals surface area contributed by atoms with E-state index in [1.165, 1.54) is 12.1 Å². The predicted octanol–water partition coefficient (Wildman–Crippen LogP) is 2.21. The summed E-state index contributed by atoms with van der Waals surface area (Å²) in [6.45, 7) is 1.75. The van der Waals surface area contributed by atoms with E-state index in [2.05, 4.69) is 9.47 Å². The topological polar surface area (TPSA) is 110 Å². The van der Waals surface area contributed by atoms with E-state index in [0.29, 0.717) is 0 Å². The van der Waals surface area contributed by atoms with Gasteiger partial charge >= 0.3 is 11.9 Å². The first-order chi connectivity index (χ1) is 11.8. The van der Waals surface area contributed by atoms with E-state index in [9.17, 15) is 24.6 Å². The number of ketones is 1. The van der Waals surface area contributed by atoms with Crippen LogP contribution in [-0.4, -0.2) is 42.2 Å². The molecule has 2 aromatic carbocycles. The number of hydrogen-bond acceptors (Lipinski definition) is 7. The second-order valence-corrected chi connectivity index (χ2v) is 5.25. The molecule has 0 bridgehead atoms. The Morgan fingerprint density at radius 3 is 1.80 bits per heavy atom. The smallest absolute Gasteiger partial charge is 0.341 e. The Kier molecular flexibility index (Phi) is 5.07. The number of aryl methyl sites for hydroxylation is 1. The Morgan fingerprint density at radius 1 is 0.840 bits per heavy atom. The molecule has 0 radical (unpaired) electrons. The third-order valence-electron chi connectivity index (χ3n) is 3.58. The summed E-state index contributed by atoms with van der Waals surface area (Å²) in [7, 11) is 2.19. The first-order valence-corrected chi connectivity index (χ1v) is 7.18. The third kappa shape index (κ3) is 3.45. The maximum absolute atomic E-state index is 12.7. The third-order valence-corrected chi connectivity index (χ3v) is 3.58. The van der Waals surface area contributed by atoms with Crippen LogP contribution in [-0.2, 0) is 9.47 Å². The molecule has 0 amide bonds. The van der Waals surface area contributed by atoms with Crippen molar-refractivity contribution in [1.29, 1.82) is 0 Å². The molecule has 0 aliphatic heterocycles. The lowest BCUT2D eigenvalue weighted by molar-refractivity contribution is 0.0592. The number of aromatic hydroxyl groups is 2. The summed E-state index contributed by atoms with van der Waals surface area (Å²) in [6.07, 6.45) is 0. The van der Waals surface area contributed by atoms with Crippen LogP contribution in [0.5, 0.6) is 11.5 Å². The lowest BCUT2D eigenvalue weighted by Crippen LogP contribution is -2.11. The molecule has 0 aliphatic carbocycles. The number of carbonyl (C=O) groups is 3. The summed E-state index contributed by atoms with van der Waals surface area (Å²) >= 11 is 0. The molecule has 2 N–H and O–H groups in total. The quantitative estimate of drug-likeness (QED) is 0.646. The molecule has 2 aromatic rings. The minimum Gasteiger partial charge on any atom is -0.507 e. The summed E-state index contributed by atoms with van der Waals surface area (Å²) in [5.41, 5.74) is -0.0633. The van der Waals surface area contributed by atoms with Gasteiger partial charge in [-0.2, -0.15) is 0 Å². The van der Waals surface area contributed by atoms with Crippen molar-refractivity contribution in [1.82, 2.24) is 0 Å². The first-order valence-electron chi connectivity index (χ1n) is 7.18. The van der Waals surface area contributed by atoms with Gasteiger partial charge in [0.25, 0.3) is 0 Å². The molecule has 0 fully saturated rings. The zero-order valence-corrected chi connectivity index (χ0v) is 13.8. The molecule has 7 heteroatoms. The van der Waals surface area contributed by atoms with Gasteiger partial charge in [0.15, 0.2) is 5.78 Å². The zero-order valence-electron chi connectivity index (χ0n) is 13.8. The number of phenols is 2. The number of methoxy groups -OCH3 is 2. The highest BCUT2D eigenvalue weighted by molar-refractivity contribution is 6.13. The van der Waals surface area contributed by atoms with E-state index < -0.39 is 23.5 Å². The van der Waals surface area contributed by atoms with Crippen LogP contribution in [0.4, 0.5) is 0 Å². The molecule has 25 heavy (non-hydrogen) atoms. The fraction of sp³-hybridized carbons (Fsp3) is 0.167. The number of esters is 2. The van der Waals surface area contributed by atoms with Crippen LogP contribution in [0.3, 0.4) is 0 Å². The van der Waals surface area contributed by atoms with Crippen LogP contribution >= 0.6 is 0 Å². The van der Waals surface area contributed by atoms with Gasteiger partial charge in [-0.3, -0.25) is 4.79 Å². The second kappa shape index (κ2) is 7.04. The van der Waals surface area contributed by atoms with Crippen LogP contribution in [0.2, 0.25) is 0 Å². The fourth-order valence-corrected chi connectivity index (χ4v) is 2.29. The molecule has 130 valence electrons. The van der Waals surface area contributed by atoms with Gasteiger partial charge in [0.05, 0.1) is 19.8 Å². The molecule has 0 unspecified atom stereocenters. The van der Waals surface area contributed by atoms with Gasteiger partial charge in [-0.25, -0.2) is 9.59 Å². The molecule has 0 aliphatic rings. The molecular formula is C18H16O7. The van der Waals surface area contributed by atoms with Gasteiger partial charge in [-0.1, -0.05) is 6.07 Å². The first kappa shape index (κ1) is 18.0. The van der Waals surface area contributed by atoms with Gasteiger partial charge in [-0.05, 0) is 36.8 Å². The van der Waals surface area contributed by atoms with Crippen molar-refractivity contribution in [2.45, 2.75) is 6.92 Å². The van der Waals surface area contributed by atoms with Crippen molar-refractivity contribution in [3.63, 3.8) is 0 Å². The molecule has 0 heterocycles. The number of ether oxygens (including phenoxy) is 2. The van der Waals surface area contributed by atoms with Gasteiger partial charge < -0.3 is 19.7 Å². The Balaban J connectivity index is 2.66. The molecule has 0 saturated heterocycles. The highest BCUT2D eigenvalue weighted by atomic mass is 16.5. The minimum absolute atomic E-state index is 0.0112. The zero-order chi connectivity index (χ0) is 18.7. The average molecular weight is 344 g/mol. The van der Waals surface area contributed by atoms with Crippen LogP contribution in [0.1, 0.15) is 42.2 Å². The van der Waals surface area contributed by atoms with E-state index in [0.717, 1.165) is 31.9 Å². The average Bonchev–Trinajstić information content (AvgIpc) is 2.60. The number of benzene rings is 2. The van der Waals surface area contributed by atoms with Crippen LogP contribution < -0.4 is 0 Å². The van der Waals surface area contributed by atoms with E-state index in [-0.39, 0.29) is 28.0 Å². The standard InChI is InChI=1S/C18H16O7/c1-9-4-5-11(14(19)6-9)15(20)10-7-12(17(22)24-2)16(21)13(8-10)18(23)25-3/h4-8,19,21H,1-3H3. The summed E-state index contributed by atoms with van der Waals surface area (Å²) in [6, 6.07) is 6.66. The van der Waals surface area contributed by atoms with Gasteiger partial charge in [0.1, 0.15) is 22.6 Å². The molecule has 7 nitrogen and oxygen atoms in total. The van der Waals surface area contributed by atoms with E-state index in [1.54, 1.807) is 13.0 Å². The molecular weight excluding hydrogens is 328 g/mol. The Labute approximate surface area is 143 Å². The largest absolute Gasteiger partial charge is 0.507 e. The highest BCUT2D eigenvalue weighted by Gasteiger charge is 2.25. The van der Waals surface area contributed by atoms with Crippen molar-refractivity contribution >= 4 is 17.7 Å². The van der Waals surface area contributed by atoms with Gasteiger partial charge in [0.2, 0.25) is 0 Å². The number of rotatable bonds is 4. The Hall–Kier alpha value is -3.35. The monoisotopic (exact) mass is 344 g/mol. The van der Waals surface area contributed by atoms with Crippen molar-refractivity contribution in [2.75, 3.05) is 14.2 Å². The fourth-order valence-electron chi connectivity index (χ4n) is 2.29. The van der Waals surface area contributed by atoms with Gasteiger partial charge in [-0.15, -0.1) is 0 Å². The summed E-state index contributed by atoms with van der Waals surface area (Å²) in [4.78, 5) is 36.3. The predicted molar refractivity (Wildman–Crippen MR) is 87.1 cm³/mol. The Morgan fingerprint density at radius 2 is 1.36 bits per heavy atom. The molecule has 0 aromatic heterocycles. The summed E-state index contributed by atoms with van der Waals surface area (Å²) < 4.78 is 9.11. The molecule has 0 atom stereocenters. The lowest BCUT2D eigenvalue weighted by atomic mass is 9.96. The van der Waals surface area contributed by atoms with E-state index in [1.807, 2.05) is 0 Å². The van der Waals surface area contributed by atoms with Crippen molar-refractivity contribution in [3.05, 3.63) is 58.1 Å². The molecule has 2 rings (SSSR count). The second-order valence-electron chi connectivity index (χ2n) is 5.25. The van der Waals surface area contributed by atoms with Crippen molar-refractivity contribution in [3.8, 4) is 11.5 Å². The molecule has 0 spiro atoms.